The van der Waals surface area contributed by atoms with Crippen LogP contribution in [0.5, 0.6) is 11.5 Å². The van der Waals surface area contributed by atoms with Gasteiger partial charge in [0.05, 0.1) is 7.11 Å². The predicted octanol–water partition coefficient (Wildman–Crippen LogP) is 3.98. The molecular weight excluding hydrogens is 486 g/mol. The van der Waals surface area contributed by atoms with Crippen molar-refractivity contribution in [3.05, 3.63) is 89.2 Å². The zero-order chi connectivity index (χ0) is 26.9. The molecule has 2 unspecified atom stereocenters. The minimum Gasteiger partial charge on any atom is -0.493 e. The van der Waals surface area contributed by atoms with Crippen LogP contribution >= 0.6 is 0 Å². The summed E-state index contributed by atoms with van der Waals surface area (Å²) in [6, 6.07) is 13.8. The number of carbonyl (C=O) groups excluding carboxylic acids is 3. The topological polar surface area (TPSA) is 104 Å². The molecule has 8 nitrogen and oxygen atoms in total. The molecular formula is C27H26F2N2O6. The molecule has 37 heavy (non-hydrogen) atoms. The van der Waals surface area contributed by atoms with Crippen LogP contribution in [0.15, 0.2) is 60.8 Å². The number of hydrogen-bond donors (Lipinski definition) is 1. The molecule has 194 valence electrons. The summed E-state index contributed by atoms with van der Waals surface area (Å²) in [4.78, 5) is 40.8. The Bertz CT molecular complexity index is 1270. The number of methoxy groups -OCH3 is 1. The molecule has 0 radical (unpaired) electrons. The lowest BCUT2D eigenvalue weighted by molar-refractivity contribution is -0.148. The van der Waals surface area contributed by atoms with Crippen LogP contribution in [-0.4, -0.2) is 42.6 Å². The lowest BCUT2D eigenvalue weighted by Gasteiger charge is -2.25. The van der Waals surface area contributed by atoms with Crippen LogP contribution in [0.1, 0.15) is 41.4 Å². The number of esters is 2. The van der Waals surface area contributed by atoms with Crippen molar-refractivity contribution in [3.8, 4) is 11.5 Å². The first-order valence-corrected chi connectivity index (χ1v) is 11.4. The minimum atomic E-state index is -0.821. The normalized spacial score (nSPS) is 12.2. The largest absolute Gasteiger partial charge is 0.493 e. The van der Waals surface area contributed by atoms with Crippen molar-refractivity contribution in [1.82, 2.24) is 10.3 Å². The van der Waals surface area contributed by atoms with Crippen molar-refractivity contribution >= 4 is 17.8 Å². The molecule has 3 rings (SSSR count). The van der Waals surface area contributed by atoms with Crippen molar-refractivity contribution in [2.75, 3.05) is 13.7 Å². The van der Waals surface area contributed by atoms with Gasteiger partial charge in [-0.15, -0.1) is 0 Å². The molecule has 3 aromatic rings. The fraction of sp³-hybridized carbons (Fsp3) is 0.259. The molecule has 0 aliphatic heterocycles. The maximum Gasteiger partial charge on any atom is 0.325 e. The summed E-state index contributed by atoms with van der Waals surface area (Å²) in [5.41, 5.74) is 0.765. The van der Waals surface area contributed by atoms with E-state index in [4.69, 9.17) is 14.2 Å². The van der Waals surface area contributed by atoms with Crippen LogP contribution in [-0.2, 0) is 20.7 Å². The summed E-state index contributed by atoms with van der Waals surface area (Å²) in [5, 5.41) is 2.38. The minimum absolute atomic E-state index is 0.0180. The Hall–Kier alpha value is -4.34. The summed E-state index contributed by atoms with van der Waals surface area (Å²) in [5.74, 6) is -4.18. The second-order valence-corrected chi connectivity index (χ2v) is 8.13. The maximum atomic E-state index is 14.4. The molecule has 1 heterocycles. The van der Waals surface area contributed by atoms with Crippen LogP contribution in [0.25, 0.3) is 0 Å². The highest BCUT2D eigenvalue weighted by Gasteiger charge is 2.26. The molecule has 0 spiro atoms. The van der Waals surface area contributed by atoms with Gasteiger partial charge in [0.2, 0.25) is 5.75 Å². The van der Waals surface area contributed by atoms with Crippen LogP contribution in [0.3, 0.4) is 0 Å². The van der Waals surface area contributed by atoms with Crippen molar-refractivity contribution < 1.29 is 37.4 Å². The highest BCUT2D eigenvalue weighted by Crippen LogP contribution is 2.30. The summed E-state index contributed by atoms with van der Waals surface area (Å²) < 4.78 is 43.5. The average molecular weight is 513 g/mol. The zero-order valence-corrected chi connectivity index (χ0v) is 20.5. The van der Waals surface area contributed by atoms with Crippen LogP contribution in [0, 0.1) is 11.6 Å². The van der Waals surface area contributed by atoms with Gasteiger partial charge in [0.15, 0.2) is 11.4 Å². The second kappa shape index (κ2) is 12.6. The first-order valence-electron chi connectivity index (χ1n) is 11.4. The van der Waals surface area contributed by atoms with Crippen molar-refractivity contribution in [3.63, 3.8) is 0 Å². The molecule has 0 saturated carbocycles. The van der Waals surface area contributed by atoms with E-state index in [2.05, 4.69) is 10.3 Å². The van der Waals surface area contributed by atoms with Crippen molar-refractivity contribution in [2.45, 2.75) is 32.3 Å². The molecule has 0 aliphatic carbocycles. The van der Waals surface area contributed by atoms with E-state index in [1.165, 1.54) is 25.4 Å². The SMILES string of the molecule is COc1ccnc(C(=O)NCC(=O)OC(Cc2ccc(F)cc2F)C(C)c2ccccc2)c1OC(C)=O. The van der Waals surface area contributed by atoms with Gasteiger partial charge >= 0.3 is 11.9 Å². The van der Waals surface area contributed by atoms with E-state index >= 15 is 0 Å². The van der Waals surface area contributed by atoms with Gasteiger partial charge in [-0.05, 0) is 17.2 Å². The van der Waals surface area contributed by atoms with E-state index in [0.29, 0.717) is 0 Å². The van der Waals surface area contributed by atoms with E-state index in [1.807, 2.05) is 37.3 Å². The molecule has 1 amide bonds. The van der Waals surface area contributed by atoms with Gasteiger partial charge in [0.25, 0.3) is 5.91 Å². The van der Waals surface area contributed by atoms with E-state index in [1.54, 1.807) is 0 Å². The third kappa shape index (κ3) is 7.33. The van der Waals surface area contributed by atoms with E-state index in [0.717, 1.165) is 24.6 Å². The van der Waals surface area contributed by atoms with Gasteiger partial charge in [-0.2, -0.15) is 0 Å². The summed E-state index contributed by atoms with van der Waals surface area (Å²) >= 11 is 0. The quantitative estimate of drug-likeness (QED) is 0.410. The number of aromatic nitrogens is 1. The Morgan fingerprint density at radius 3 is 2.43 bits per heavy atom. The summed E-state index contributed by atoms with van der Waals surface area (Å²) in [7, 11) is 1.33. The molecule has 0 aliphatic rings. The Labute approximate surface area is 212 Å². The number of benzene rings is 2. The Kier molecular flexibility index (Phi) is 9.26. The lowest BCUT2D eigenvalue weighted by atomic mass is 9.91. The molecule has 1 N–H and O–H groups in total. The van der Waals surface area contributed by atoms with Gasteiger partial charge < -0.3 is 19.5 Å². The van der Waals surface area contributed by atoms with Crippen LogP contribution in [0.2, 0.25) is 0 Å². The van der Waals surface area contributed by atoms with Crippen molar-refractivity contribution in [1.29, 1.82) is 0 Å². The predicted molar refractivity (Wildman–Crippen MR) is 129 cm³/mol. The Morgan fingerprint density at radius 1 is 1.05 bits per heavy atom. The first kappa shape index (κ1) is 27.3. The van der Waals surface area contributed by atoms with Crippen molar-refractivity contribution in [2.24, 2.45) is 0 Å². The van der Waals surface area contributed by atoms with Crippen LogP contribution < -0.4 is 14.8 Å². The number of pyridine rings is 1. The van der Waals surface area contributed by atoms with Gasteiger partial charge in [-0.1, -0.05) is 43.3 Å². The number of hydrogen-bond acceptors (Lipinski definition) is 7. The third-order valence-electron chi connectivity index (χ3n) is 5.54. The van der Waals surface area contributed by atoms with E-state index in [9.17, 15) is 23.2 Å². The van der Waals surface area contributed by atoms with E-state index < -0.39 is 42.1 Å². The van der Waals surface area contributed by atoms with E-state index in [-0.39, 0.29) is 35.1 Å². The Morgan fingerprint density at radius 2 is 1.78 bits per heavy atom. The van der Waals surface area contributed by atoms with Gasteiger partial charge in [0.1, 0.15) is 24.3 Å². The van der Waals surface area contributed by atoms with Gasteiger partial charge in [0, 0.05) is 37.6 Å². The zero-order valence-electron chi connectivity index (χ0n) is 20.5. The second-order valence-electron chi connectivity index (χ2n) is 8.13. The Balaban J connectivity index is 1.75. The van der Waals surface area contributed by atoms with Gasteiger partial charge in [-0.25, -0.2) is 13.8 Å². The fourth-order valence-corrected chi connectivity index (χ4v) is 3.64. The summed E-state index contributed by atoms with van der Waals surface area (Å²) in [6.45, 7) is 2.43. The average Bonchev–Trinajstić information content (AvgIpc) is 2.88. The number of carbonyl (C=O) groups is 3. The molecule has 0 saturated heterocycles. The standard InChI is InChI=1S/C27H26F2N2O6/c1-16(18-7-5-4-6-8-18)23(13-19-9-10-20(28)14-21(19)29)37-24(33)15-31-27(34)25-26(36-17(2)32)22(35-3)11-12-30-25/h4-12,14,16,23H,13,15H2,1-3H3,(H,31,34). The molecule has 2 aromatic carbocycles. The number of nitrogens with zero attached hydrogens (tertiary/aromatic N) is 1. The molecule has 10 heteroatoms. The summed E-state index contributed by atoms with van der Waals surface area (Å²) in [6.07, 6.45) is 0.447. The third-order valence-corrected chi connectivity index (χ3v) is 5.54. The fourth-order valence-electron chi connectivity index (χ4n) is 3.64. The molecule has 0 fully saturated rings. The van der Waals surface area contributed by atoms with Crippen LogP contribution in [0.4, 0.5) is 8.78 Å². The number of halogens is 2. The number of rotatable bonds is 10. The monoisotopic (exact) mass is 512 g/mol. The number of ether oxygens (including phenoxy) is 3. The highest BCUT2D eigenvalue weighted by molar-refractivity contribution is 5.98. The smallest absolute Gasteiger partial charge is 0.325 e. The molecule has 2 atom stereocenters. The molecule has 0 bridgehead atoms. The first-order chi connectivity index (χ1) is 17.7. The highest BCUT2D eigenvalue weighted by atomic mass is 19.1. The molecule has 1 aromatic heterocycles. The maximum absolute atomic E-state index is 14.4. The van der Waals surface area contributed by atoms with Gasteiger partial charge in [-0.3, -0.25) is 14.4 Å². The lowest BCUT2D eigenvalue weighted by Crippen LogP contribution is -2.35. The number of nitrogens with one attached hydrogen (secondary N) is 1. The number of amides is 1.